The van der Waals surface area contributed by atoms with Gasteiger partial charge in [-0.05, 0) is 37.0 Å². The largest absolute Gasteiger partial charge is 0.481 e. The number of carbonyl (C=O) groups is 1. The molecule has 1 fully saturated rings. The molecule has 2 rings (SSSR count). The number of aryl methyl sites for hydroxylation is 1. The van der Waals surface area contributed by atoms with Crippen molar-refractivity contribution >= 4 is 15.8 Å². The first-order valence-electron chi connectivity index (χ1n) is 5.32. The molecule has 4 nitrogen and oxygen atoms in total. The smallest absolute Gasteiger partial charge is 0.314 e. The second-order valence-corrected chi connectivity index (χ2v) is 6.64. The maximum absolute atomic E-state index is 11.7. The summed E-state index contributed by atoms with van der Waals surface area (Å²) in [7, 11) is -3.40. The molecule has 0 atom stereocenters. The molecule has 0 amide bonds. The minimum absolute atomic E-state index is 0.150. The van der Waals surface area contributed by atoms with Gasteiger partial charge in [0.25, 0.3) is 0 Å². The van der Waals surface area contributed by atoms with Crippen LogP contribution in [0.1, 0.15) is 24.0 Å². The van der Waals surface area contributed by atoms with Gasteiger partial charge in [0.1, 0.15) is 0 Å². The maximum Gasteiger partial charge on any atom is 0.314 e. The zero-order chi connectivity index (χ0) is 12.8. The van der Waals surface area contributed by atoms with E-state index in [1.54, 1.807) is 25.1 Å². The normalized spacial score (nSPS) is 17.8. The van der Waals surface area contributed by atoms with Gasteiger partial charge in [-0.15, -0.1) is 0 Å². The summed E-state index contributed by atoms with van der Waals surface area (Å²) in [5.74, 6) is -0.939. The topological polar surface area (TPSA) is 71.4 Å². The molecule has 0 radical (unpaired) electrons. The highest BCUT2D eigenvalue weighted by Gasteiger charge is 2.53. The molecule has 0 unspecified atom stereocenters. The third kappa shape index (κ3) is 1.95. The fraction of sp³-hybridized carbons (Fsp3) is 0.417. The minimum atomic E-state index is -3.40. The molecular weight excluding hydrogens is 240 g/mol. The van der Waals surface area contributed by atoms with Crippen molar-refractivity contribution in [3.8, 4) is 0 Å². The average molecular weight is 254 g/mol. The maximum atomic E-state index is 11.7. The van der Waals surface area contributed by atoms with Gasteiger partial charge in [0, 0.05) is 6.26 Å². The molecule has 1 saturated carbocycles. The summed E-state index contributed by atoms with van der Waals surface area (Å²) in [6, 6.07) is 4.94. The van der Waals surface area contributed by atoms with Gasteiger partial charge < -0.3 is 5.11 Å². The van der Waals surface area contributed by atoms with E-state index in [9.17, 15) is 18.3 Å². The monoisotopic (exact) mass is 254 g/mol. The Bertz CT molecular complexity index is 583. The van der Waals surface area contributed by atoms with Crippen molar-refractivity contribution in [2.24, 2.45) is 0 Å². The molecule has 5 heteroatoms. The Balaban J connectivity index is 2.68. The van der Waals surface area contributed by atoms with E-state index in [-0.39, 0.29) is 4.90 Å². The molecule has 1 aromatic carbocycles. The first-order chi connectivity index (χ1) is 7.77. The second kappa shape index (κ2) is 3.57. The summed E-state index contributed by atoms with van der Waals surface area (Å²) < 4.78 is 23.4. The summed E-state index contributed by atoms with van der Waals surface area (Å²) in [6.07, 6.45) is 2.13. The van der Waals surface area contributed by atoms with Crippen molar-refractivity contribution in [2.45, 2.75) is 30.1 Å². The molecule has 1 aliphatic carbocycles. The number of hydrogen-bond acceptors (Lipinski definition) is 3. The summed E-state index contributed by atoms with van der Waals surface area (Å²) in [4.78, 5) is 11.4. The third-order valence-electron chi connectivity index (χ3n) is 3.21. The highest BCUT2D eigenvalue weighted by molar-refractivity contribution is 7.90. The molecule has 0 aromatic heterocycles. The van der Waals surface area contributed by atoms with Gasteiger partial charge in [0.05, 0.1) is 10.3 Å². The molecule has 1 N–H and O–H groups in total. The van der Waals surface area contributed by atoms with Crippen molar-refractivity contribution in [1.82, 2.24) is 0 Å². The fourth-order valence-electron chi connectivity index (χ4n) is 2.06. The third-order valence-corrected chi connectivity index (χ3v) is 4.35. The van der Waals surface area contributed by atoms with E-state index in [4.69, 9.17) is 0 Å². The van der Waals surface area contributed by atoms with Crippen molar-refractivity contribution in [3.05, 3.63) is 29.3 Å². The Kier molecular flexibility index (Phi) is 2.54. The first-order valence-corrected chi connectivity index (χ1v) is 7.21. The van der Waals surface area contributed by atoms with Gasteiger partial charge in [-0.25, -0.2) is 8.42 Å². The highest BCUT2D eigenvalue weighted by Crippen LogP contribution is 2.50. The van der Waals surface area contributed by atoms with Gasteiger partial charge in [-0.3, -0.25) is 4.79 Å². The number of sulfone groups is 1. The fourth-order valence-corrected chi connectivity index (χ4v) is 3.12. The van der Waals surface area contributed by atoms with Crippen LogP contribution in [0, 0.1) is 6.92 Å². The van der Waals surface area contributed by atoms with Gasteiger partial charge in [0.15, 0.2) is 9.84 Å². The lowest BCUT2D eigenvalue weighted by Crippen LogP contribution is -2.22. The van der Waals surface area contributed by atoms with Gasteiger partial charge in [-0.2, -0.15) is 0 Å². The van der Waals surface area contributed by atoms with Crippen molar-refractivity contribution in [1.29, 1.82) is 0 Å². The van der Waals surface area contributed by atoms with Gasteiger partial charge in [-0.1, -0.05) is 12.1 Å². The van der Waals surface area contributed by atoms with E-state index in [2.05, 4.69) is 0 Å². The first kappa shape index (κ1) is 12.1. The van der Waals surface area contributed by atoms with Crippen LogP contribution < -0.4 is 0 Å². The van der Waals surface area contributed by atoms with Crippen LogP contribution in [0.5, 0.6) is 0 Å². The molecule has 1 aliphatic rings. The number of carboxylic acids is 1. The van der Waals surface area contributed by atoms with Crippen molar-refractivity contribution < 1.29 is 18.3 Å². The predicted octanol–water partition coefficient (Wildman–Crippen LogP) is 1.51. The van der Waals surface area contributed by atoms with Crippen LogP contribution in [0.4, 0.5) is 0 Å². The Morgan fingerprint density at radius 3 is 2.35 bits per heavy atom. The van der Waals surface area contributed by atoms with Crippen LogP contribution in [0.25, 0.3) is 0 Å². The van der Waals surface area contributed by atoms with E-state index in [1.807, 2.05) is 0 Å². The van der Waals surface area contributed by atoms with Gasteiger partial charge in [0.2, 0.25) is 0 Å². The number of rotatable bonds is 3. The lowest BCUT2D eigenvalue weighted by molar-refractivity contribution is -0.140. The summed E-state index contributed by atoms with van der Waals surface area (Å²) in [6.45, 7) is 1.79. The van der Waals surface area contributed by atoms with E-state index in [0.29, 0.717) is 18.4 Å². The summed E-state index contributed by atoms with van der Waals surface area (Å²) >= 11 is 0. The van der Waals surface area contributed by atoms with E-state index >= 15 is 0 Å². The van der Waals surface area contributed by atoms with Gasteiger partial charge >= 0.3 is 5.97 Å². The van der Waals surface area contributed by atoms with Crippen LogP contribution in [-0.2, 0) is 20.0 Å². The molecule has 0 heterocycles. The van der Waals surface area contributed by atoms with Crippen LogP contribution in [-0.4, -0.2) is 25.7 Å². The lowest BCUT2D eigenvalue weighted by Gasteiger charge is -2.15. The molecule has 0 saturated heterocycles. The van der Waals surface area contributed by atoms with Crippen LogP contribution >= 0.6 is 0 Å². The van der Waals surface area contributed by atoms with Crippen molar-refractivity contribution in [2.75, 3.05) is 6.26 Å². The minimum Gasteiger partial charge on any atom is -0.481 e. The van der Waals surface area contributed by atoms with E-state index in [0.717, 1.165) is 11.8 Å². The molecule has 0 bridgehead atoms. The lowest BCUT2D eigenvalue weighted by atomic mass is 9.95. The zero-order valence-electron chi connectivity index (χ0n) is 9.73. The zero-order valence-corrected chi connectivity index (χ0v) is 10.5. The molecule has 92 valence electrons. The quantitative estimate of drug-likeness (QED) is 0.887. The molecule has 1 aromatic rings. The highest BCUT2D eigenvalue weighted by atomic mass is 32.2. The van der Waals surface area contributed by atoms with Crippen LogP contribution in [0.2, 0.25) is 0 Å². The average Bonchev–Trinajstić information content (AvgIpc) is 2.97. The number of benzene rings is 1. The summed E-state index contributed by atoms with van der Waals surface area (Å²) in [5, 5.41) is 9.22. The second-order valence-electron chi connectivity index (χ2n) is 4.66. The molecular formula is C12H14O4S. The van der Waals surface area contributed by atoms with E-state index in [1.165, 1.54) is 0 Å². The van der Waals surface area contributed by atoms with Crippen LogP contribution in [0.15, 0.2) is 23.1 Å². The Labute approximate surface area is 100 Å². The molecule has 0 aliphatic heterocycles. The number of aliphatic carboxylic acids is 1. The number of carboxylic acid groups (broad SMARTS) is 1. The Morgan fingerprint density at radius 1 is 1.35 bits per heavy atom. The number of hydrogen-bond donors (Lipinski definition) is 1. The predicted molar refractivity (Wildman–Crippen MR) is 62.8 cm³/mol. The van der Waals surface area contributed by atoms with Crippen LogP contribution in [0.3, 0.4) is 0 Å². The SMILES string of the molecule is Cc1ccc(C2(C(=O)O)CC2)c(S(C)(=O)=O)c1. The molecule has 17 heavy (non-hydrogen) atoms. The standard InChI is InChI=1S/C12H14O4S/c1-8-3-4-9(10(7-8)17(2,15)16)12(5-6-12)11(13)14/h3-4,7H,5-6H2,1-2H3,(H,13,14). The summed E-state index contributed by atoms with van der Waals surface area (Å²) in [5.41, 5.74) is 0.264. The molecule has 0 spiro atoms. The Morgan fingerprint density at radius 2 is 1.94 bits per heavy atom. The van der Waals surface area contributed by atoms with E-state index < -0.39 is 21.2 Å². The Hall–Kier alpha value is -1.36. The van der Waals surface area contributed by atoms with Crippen molar-refractivity contribution in [3.63, 3.8) is 0 Å².